The molecule has 3 rings (SSSR count). The number of allylic oxidation sites excluding steroid dienone is 2. The molecule has 1 nitrogen and oxygen atoms in total. The summed E-state index contributed by atoms with van der Waals surface area (Å²) in [4.78, 5) is 2.24. The molecule has 21 heavy (non-hydrogen) atoms. The van der Waals surface area contributed by atoms with Crippen molar-refractivity contribution in [2.24, 2.45) is 0 Å². The summed E-state index contributed by atoms with van der Waals surface area (Å²) in [6, 6.07) is 19.3. The molecule has 0 amide bonds. The van der Waals surface area contributed by atoms with Gasteiger partial charge in [-0.15, -0.1) is 0 Å². The fraction of sp³-hybridized carbons (Fsp3) is 0.200. The fourth-order valence-electron chi connectivity index (χ4n) is 2.76. The first-order valence-corrected chi connectivity index (χ1v) is 7.46. The molecule has 1 aliphatic carbocycles. The Labute approximate surface area is 127 Å². The lowest BCUT2D eigenvalue weighted by Crippen LogP contribution is -2.13. The summed E-state index contributed by atoms with van der Waals surface area (Å²) in [6.07, 6.45) is 5.72. The van der Waals surface area contributed by atoms with Crippen molar-refractivity contribution in [3.05, 3.63) is 77.4 Å². The molecule has 0 aliphatic heterocycles. The molecule has 0 fully saturated rings. The second kappa shape index (κ2) is 6.11. The molecule has 0 saturated heterocycles. The van der Waals surface area contributed by atoms with Crippen LogP contribution in [0.4, 0.5) is 0 Å². The molecule has 0 atom stereocenters. The average molecular weight is 275 g/mol. The number of rotatable bonds is 4. The van der Waals surface area contributed by atoms with E-state index in [2.05, 4.69) is 85.7 Å². The van der Waals surface area contributed by atoms with E-state index in [9.17, 15) is 0 Å². The summed E-state index contributed by atoms with van der Waals surface area (Å²) in [6.45, 7) is 1.08. The maximum absolute atomic E-state index is 2.35. The highest BCUT2D eigenvalue weighted by Crippen LogP contribution is 2.37. The lowest BCUT2D eigenvalue weighted by molar-refractivity contribution is 0.419. The molecule has 0 unspecified atom stereocenters. The zero-order valence-corrected chi connectivity index (χ0v) is 12.7. The van der Waals surface area contributed by atoms with Crippen molar-refractivity contribution in [2.75, 3.05) is 20.6 Å². The highest BCUT2D eigenvalue weighted by Gasteiger charge is 2.17. The van der Waals surface area contributed by atoms with Gasteiger partial charge in [-0.05, 0) is 54.4 Å². The zero-order chi connectivity index (χ0) is 14.7. The van der Waals surface area contributed by atoms with E-state index in [-0.39, 0.29) is 0 Å². The molecule has 0 N–H and O–H groups in total. The minimum atomic E-state index is 1.08. The van der Waals surface area contributed by atoms with Gasteiger partial charge >= 0.3 is 0 Å². The number of nitrogens with zero attached hydrogens (tertiary/aromatic N) is 1. The molecular formula is C20H21N. The van der Waals surface area contributed by atoms with Crippen LogP contribution in [0.2, 0.25) is 0 Å². The van der Waals surface area contributed by atoms with Crippen LogP contribution in [0.5, 0.6) is 0 Å². The zero-order valence-electron chi connectivity index (χ0n) is 12.7. The summed E-state index contributed by atoms with van der Waals surface area (Å²) in [7, 11) is 4.25. The van der Waals surface area contributed by atoms with Crippen LogP contribution >= 0.6 is 0 Å². The van der Waals surface area contributed by atoms with Crippen LogP contribution < -0.4 is 0 Å². The van der Waals surface area contributed by atoms with Crippen LogP contribution in [0.25, 0.3) is 17.2 Å². The minimum absolute atomic E-state index is 1.08. The average Bonchev–Trinajstić information content (AvgIpc) is 2.85. The van der Waals surface area contributed by atoms with Crippen LogP contribution in [0.3, 0.4) is 0 Å². The van der Waals surface area contributed by atoms with E-state index in [1.54, 1.807) is 0 Å². The van der Waals surface area contributed by atoms with Gasteiger partial charge in [0.1, 0.15) is 0 Å². The number of hydrogen-bond acceptors (Lipinski definition) is 1. The summed E-state index contributed by atoms with van der Waals surface area (Å²) in [5, 5.41) is 0. The van der Waals surface area contributed by atoms with Gasteiger partial charge in [-0.1, -0.05) is 60.7 Å². The van der Waals surface area contributed by atoms with E-state index in [4.69, 9.17) is 0 Å². The molecule has 1 heteroatoms. The maximum atomic E-state index is 2.35. The standard InChI is InChI=1S/C20H21N/c1-21(2)13-12-17-15-18(14-16-8-4-3-5-9-16)20-11-7-6-10-19(17)20/h3-11,14-15H,12-13H2,1-2H3/b18-14+. The predicted molar refractivity (Wildman–Crippen MR) is 91.9 cm³/mol. The van der Waals surface area contributed by atoms with Gasteiger partial charge in [0.2, 0.25) is 0 Å². The van der Waals surface area contributed by atoms with E-state index < -0.39 is 0 Å². The van der Waals surface area contributed by atoms with Crippen LogP contribution in [-0.2, 0) is 0 Å². The van der Waals surface area contributed by atoms with Crippen molar-refractivity contribution in [1.82, 2.24) is 4.90 Å². The summed E-state index contributed by atoms with van der Waals surface area (Å²) < 4.78 is 0. The van der Waals surface area contributed by atoms with Crippen molar-refractivity contribution < 1.29 is 0 Å². The molecule has 1 aliphatic rings. The normalized spacial score (nSPS) is 15.4. The monoisotopic (exact) mass is 275 g/mol. The Balaban J connectivity index is 1.96. The Hall–Kier alpha value is -2.12. The van der Waals surface area contributed by atoms with Gasteiger partial charge in [0.05, 0.1) is 0 Å². The van der Waals surface area contributed by atoms with Gasteiger partial charge in [-0.3, -0.25) is 0 Å². The SMILES string of the molecule is CN(C)CCC1=C/C(=C\c2ccccc2)c2ccccc21. The van der Waals surface area contributed by atoms with Gasteiger partial charge in [0.15, 0.2) is 0 Å². The van der Waals surface area contributed by atoms with Gasteiger partial charge < -0.3 is 4.90 Å². The van der Waals surface area contributed by atoms with Crippen molar-refractivity contribution in [1.29, 1.82) is 0 Å². The van der Waals surface area contributed by atoms with Gasteiger partial charge in [0.25, 0.3) is 0 Å². The van der Waals surface area contributed by atoms with E-state index in [0.717, 1.165) is 13.0 Å². The van der Waals surface area contributed by atoms with Crippen LogP contribution in [0.15, 0.2) is 60.7 Å². The molecular weight excluding hydrogens is 254 g/mol. The van der Waals surface area contributed by atoms with E-state index >= 15 is 0 Å². The van der Waals surface area contributed by atoms with Gasteiger partial charge in [-0.2, -0.15) is 0 Å². The second-order valence-corrected chi connectivity index (χ2v) is 5.78. The third-order valence-corrected chi connectivity index (χ3v) is 3.86. The maximum Gasteiger partial charge on any atom is 0.00159 e. The Morgan fingerprint density at radius 2 is 1.52 bits per heavy atom. The van der Waals surface area contributed by atoms with E-state index in [1.807, 2.05) is 0 Å². The Bertz CT molecular complexity index is 678. The third-order valence-electron chi connectivity index (χ3n) is 3.86. The van der Waals surface area contributed by atoms with Crippen molar-refractivity contribution in [3.8, 4) is 0 Å². The molecule has 0 saturated carbocycles. The first-order chi connectivity index (χ1) is 10.2. The Morgan fingerprint density at radius 1 is 0.857 bits per heavy atom. The predicted octanol–water partition coefficient (Wildman–Crippen LogP) is 4.58. The smallest absolute Gasteiger partial charge is 0.00159 e. The first-order valence-electron chi connectivity index (χ1n) is 7.46. The molecule has 0 radical (unpaired) electrons. The van der Waals surface area contributed by atoms with E-state index in [1.165, 1.54) is 27.8 Å². The lowest BCUT2D eigenvalue weighted by Gasteiger charge is -2.10. The van der Waals surface area contributed by atoms with Crippen molar-refractivity contribution in [3.63, 3.8) is 0 Å². The third kappa shape index (κ3) is 3.14. The lowest BCUT2D eigenvalue weighted by atomic mass is 10.0. The summed E-state index contributed by atoms with van der Waals surface area (Å²) >= 11 is 0. The Kier molecular flexibility index (Phi) is 4.03. The molecule has 0 heterocycles. The molecule has 0 aromatic heterocycles. The molecule has 2 aromatic rings. The number of benzene rings is 2. The van der Waals surface area contributed by atoms with Gasteiger partial charge in [-0.25, -0.2) is 0 Å². The highest BCUT2D eigenvalue weighted by molar-refractivity contribution is 6.01. The quantitative estimate of drug-likeness (QED) is 0.789. The van der Waals surface area contributed by atoms with Crippen LogP contribution in [0, 0.1) is 0 Å². The fourth-order valence-corrected chi connectivity index (χ4v) is 2.76. The Morgan fingerprint density at radius 3 is 2.24 bits per heavy atom. The first kappa shape index (κ1) is 13.8. The number of fused-ring (bicyclic) bond motifs is 1. The molecule has 0 spiro atoms. The largest absolute Gasteiger partial charge is 0.309 e. The second-order valence-electron chi connectivity index (χ2n) is 5.78. The van der Waals surface area contributed by atoms with Crippen LogP contribution in [-0.4, -0.2) is 25.5 Å². The number of hydrogen-bond donors (Lipinski definition) is 0. The minimum Gasteiger partial charge on any atom is -0.309 e. The highest BCUT2D eigenvalue weighted by atomic mass is 15.0. The molecule has 106 valence electrons. The molecule has 2 aromatic carbocycles. The van der Waals surface area contributed by atoms with Crippen molar-refractivity contribution in [2.45, 2.75) is 6.42 Å². The van der Waals surface area contributed by atoms with Crippen LogP contribution in [0.1, 0.15) is 23.1 Å². The summed E-state index contributed by atoms with van der Waals surface area (Å²) in [5.41, 5.74) is 6.77. The van der Waals surface area contributed by atoms with Gasteiger partial charge in [0, 0.05) is 6.54 Å². The summed E-state index contributed by atoms with van der Waals surface area (Å²) in [5.74, 6) is 0. The molecule has 0 bridgehead atoms. The topological polar surface area (TPSA) is 3.24 Å². The van der Waals surface area contributed by atoms with Crippen molar-refractivity contribution >= 4 is 17.2 Å². The van der Waals surface area contributed by atoms with E-state index in [0.29, 0.717) is 0 Å².